The zero-order valence-electron chi connectivity index (χ0n) is 13.1. The summed E-state index contributed by atoms with van der Waals surface area (Å²) in [4.78, 5) is 17.1. The molecule has 0 radical (unpaired) electrons. The summed E-state index contributed by atoms with van der Waals surface area (Å²) in [6.07, 6.45) is 0.185. The Kier molecular flexibility index (Phi) is 7.28. The van der Waals surface area contributed by atoms with Crippen LogP contribution in [0.4, 0.5) is 8.78 Å². The lowest BCUT2D eigenvalue weighted by Crippen LogP contribution is -2.39. The third-order valence-corrected chi connectivity index (χ3v) is 2.94. The van der Waals surface area contributed by atoms with E-state index >= 15 is 0 Å². The number of halogens is 2. The number of carbonyl (C=O) groups excluding carboxylic acids is 1. The van der Waals surface area contributed by atoms with E-state index < -0.39 is 11.6 Å². The molecule has 0 saturated carbocycles. The molecule has 0 aliphatic rings. The minimum absolute atomic E-state index is 0.0103. The molecule has 0 atom stereocenters. The van der Waals surface area contributed by atoms with Gasteiger partial charge in [-0.3, -0.25) is 4.79 Å². The van der Waals surface area contributed by atoms with E-state index in [1.165, 1.54) is 23.1 Å². The minimum atomic E-state index is -0.563. The van der Waals surface area contributed by atoms with Crippen molar-refractivity contribution in [3.8, 4) is 0 Å². The molecular formula is C15H22F2N4O. The number of amides is 1. The van der Waals surface area contributed by atoms with Gasteiger partial charge in [0.15, 0.2) is 5.96 Å². The highest BCUT2D eigenvalue weighted by Gasteiger charge is 2.08. The molecule has 22 heavy (non-hydrogen) atoms. The molecule has 0 aliphatic carbocycles. The van der Waals surface area contributed by atoms with Crippen LogP contribution in [-0.2, 0) is 11.2 Å². The predicted octanol–water partition coefficient (Wildman–Crippen LogP) is 1.15. The van der Waals surface area contributed by atoms with Gasteiger partial charge >= 0.3 is 0 Å². The number of guanidine groups is 1. The lowest BCUT2D eigenvalue weighted by Gasteiger charge is -2.13. The van der Waals surface area contributed by atoms with Crippen molar-refractivity contribution >= 4 is 11.9 Å². The van der Waals surface area contributed by atoms with Gasteiger partial charge in [0.05, 0.1) is 0 Å². The first-order valence-electron chi connectivity index (χ1n) is 7.11. The van der Waals surface area contributed by atoms with Crippen LogP contribution in [0.15, 0.2) is 23.2 Å². The highest BCUT2D eigenvalue weighted by Crippen LogP contribution is 2.11. The maximum atomic E-state index is 13.5. The van der Waals surface area contributed by atoms with Crippen molar-refractivity contribution < 1.29 is 13.6 Å². The van der Waals surface area contributed by atoms with Gasteiger partial charge < -0.3 is 15.5 Å². The van der Waals surface area contributed by atoms with E-state index in [0.29, 0.717) is 19.0 Å². The number of hydrogen-bond donors (Lipinski definition) is 2. The number of likely N-dealkylation sites (N-methyl/N-ethyl adjacent to an activating group) is 1. The Hall–Kier alpha value is -2.18. The van der Waals surface area contributed by atoms with Gasteiger partial charge in [-0.25, -0.2) is 13.8 Å². The lowest BCUT2D eigenvalue weighted by molar-refractivity contribution is -0.127. The summed E-state index contributed by atoms with van der Waals surface area (Å²) in [6.45, 7) is 2.83. The van der Waals surface area contributed by atoms with Crippen LogP contribution in [0.5, 0.6) is 0 Å². The zero-order valence-corrected chi connectivity index (χ0v) is 13.1. The summed E-state index contributed by atoms with van der Waals surface area (Å²) < 4.78 is 27.0. The number of carbonyl (C=O) groups is 1. The second-order valence-corrected chi connectivity index (χ2v) is 4.86. The Bertz CT molecular complexity index is 512. The zero-order chi connectivity index (χ0) is 16.5. The monoisotopic (exact) mass is 312 g/mol. The van der Waals surface area contributed by atoms with Crippen molar-refractivity contribution in [1.29, 1.82) is 0 Å². The van der Waals surface area contributed by atoms with E-state index in [1.807, 2.05) is 6.92 Å². The molecule has 0 aromatic heterocycles. The molecule has 0 saturated heterocycles. The summed E-state index contributed by atoms with van der Waals surface area (Å²) in [5.41, 5.74) is 0.0372. The smallest absolute Gasteiger partial charge is 0.243 e. The van der Waals surface area contributed by atoms with Crippen molar-refractivity contribution in [2.75, 3.05) is 33.7 Å². The van der Waals surface area contributed by atoms with E-state index in [9.17, 15) is 13.6 Å². The Morgan fingerprint density at radius 3 is 2.41 bits per heavy atom. The fraction of sp³-hybridized carbons (Fsp3) is 0.467. The van der Waals surface area contributed by atoms with Crippen LogP contribution in [0.2, 0.25) is 0 Å². The van der Waals surface area contributed by atoms with Crippen molar-refractivity contribution in [2.45, 2.75) is 13.3 Å². The Labute approximate surface area is 129 Å². The first-order chi connectivity index (χ1) is 10.5. The summed E-state index contributed by atoms with van der Waals surface area (Å²) >= 11 is 0. The number of hydrogen-bond acceptors (Lipinski definition) is 2. The van der Waals surface area contributed by atoms with Gasteiger partial charge in [-0.05, 0) is 25.5 Å². The molecule has 1 aromatic rings. The van der Waals surface area contributed by atoms with Gasteiger partial charge in [-0.15, -0.1) is 0 Å². The molecule has 0 unspecified atom stereocenters. The van der Waals surface area contributed by atoms with E-state index in [-0.39, 0.29) is 24.4 Å². The van der Waals surface area contributed by atoms with E-state index in [0.717, 1.165) is 0 Å². The van der Waals surface area contributed by atoms with E-state index in [4.69, 9.17) is 0 Å². The summed E-state index contributed by atoms with van der Waals surface area (Å²) in [5, 5.41) is 5.93. The second-order valence-electron chi connectivity index (χ2n) is 4.86. The van der Waals surface area contributed by atoms with E-state index in [2.05, 4.69) is 15.6 Å². The molecule has 2 N–H and O–H groups in total. The topological polar surface area (TPSA) is 56.7 Å². The molecule has 0 bridgehead atoms. The highest BCUT2D eigenvalue weighted by atomic mass is 19.1. The quantitative estimate of drug-likeness (QED) is 0.612. The van der Waals surface area contributed by atoms with Crippen molar-refractivity contribution in [2.24, 2.45) is 4.99 Å². The summed E-state index contributed by atoms with van der Waals surface area (Å²) in [5.74, 6) is -0.815. The molecule has 122 valence electrons. The number of nitrogens with one attached hydrogen (secondary N) is 2. The number of nitrogens with zero attached hydrogens (tertiary/aromatic N) is 2. The summed E-state index contributed by atoms with van der Waals surface area (Å²) in [6, 6.07) is 3.79. The van der Waals surface area contributed by atoms with Crippen molar-refractivity contribution in [3.63, 3.8) is 0 Å². The Balaban J connectivity index is 2.58. The van der Waals surface area contributed by atoms with Crippen LogP contribution in [-0.4, -0.2) is 50.5 Å². The van der Waals surface area contributed by atoms with Gasteiger partial charge in [0.2, 0.25) is 5.91 Å². The highest BCUT2D eigenvalue weighted by molar-refractivity contribution is 5.84. The molecular weight excluding hydrogens is 290 g/mol. The van der Waals surface area contributed by atoms with E-state index in [1.54, 1.807) is 14.1 Å². The average molecular weight is 312 g/mol. The standard InChI is InChI=1S/C15H22F2N4O/c1-4-18-15(20-10-14(22)21(2)3)19-9-8-11-12(16)6-5-7-13(11)17/h5-7H,4,8-10H2,1-3H3,(H2,18,19,20). The van der Waals surface area contributed by atoms with Gasteiger partial charge in [-0.1, -0.05) is 6.07 Å². The number of rotatable bonds is 6. The summed E-state index contributed by atoms with van der Waals surface area (Å²) in [7, 11) is 3.30. The van der Waals surface area contributed by atoms with Crippen LogP contribution >= 0.6 is 0 Å². The Morgan fingerprint density at radius 2 is 1.86 bits per heavy atom. The van der Waals surface area contributed by atoms with Crippen LogP contribution < -0.4 is 10.6 Å². The van der Waals surface area contributed by atoms with Crippen molar-refractivity contribution in [3.05, 3.63) is 35.4 Å². The third-order valence-electron chi connectivity index (χ3n) is 2.94. The Morgan fingerprint density at radius 1 is 1.23 bits per heavy atom. The normalized spacial score (nSPS) is 11.2. The first-order valence-corrected chi connectivity index (χ1v) is 7.11. The molecule has 0 spiro atoms. The third kappa shape index (κ3) is 5.67. The van der Waals surface area contributed by atoms with Gasteiger partial charge in [-0.2, -0.15) is 0 Å². The maximum absolute atomic E-state index is 13.5. The second kappa shape index (κ2) is 8.96. The van der Waals surface area contributed by atoms with Crippen LogP contribution in [0.3, 0.4) is 0 Å². The minimum Gasteiger partial charge on any atom is -0.357 e. The average Bonchev–Trinajstić information content (AvgIpc) is 2.47. The van der Waals surface area contributed by atoms with Crippen LogP contribution in [0.25, 0.3) is 0 Å². The molecule has 0 fully saturated rings. The lowest BCUT2D eigenvalue weighted by atomic mass is 10.1. The number of aliphatic imine (C=N–C) groups is 1. The SMILES string of the molecule is CCNC(=NCC(=O)N(C)C)NCCc1c(F)cccc1F. The number of benzene rings is 1. The molecule has 0 heterocycles. The first kappa shape index (κ1) is 17.9. The molecule has 1 aromatic carbocycles. The van der Waals surface area contributed by atoms with Crippen molar-refractivity contribution in [1.82, 2.24) is 15.5 Å². The van der Waals surface area contributed by atoms with Gasteiger partial charge in [0.1, 0.15) is 18.2 Å². The molecule has 1 rings (SSSR count). The maximum Gasteiger partial charge on any atom is 0.243 e. The predicted molar refractivity (Wildman–Crippen MR) is 82.7 cm³/mol. The molecule has 0 aliphatic heterocycles. The van der Waals surface area contributed by atoms with Gasteiger partial charge in [0.25, 0.3) is 0 Å². The van der Waals surface area contributed by atoms with Gasteiger partial charge in [0, 0.05) is 32.7 Å². The molecule has 7 heteroatoms. The fourth-order valence-electron chi connectivity index (χ4n) is 1.71. The molecule has 5 nitrogen and oxygen atoms in total. The van der Waals surface area contributed by atoms with Crippen LogP contribution in [0, 0.1) is 11.6 Å². The molecule has 1 amide bonds. The largest absolute Gasteiger partial charge is 0.357 e. The fourth-order valence-corrected chi connectivity index (χ4v) is 1.71. The van der Waals surface area contributed by atoms with Crippen LogP contribution in [0.1, 0.15) is 12.5 Å².